The first kappa shape index (κ1) is 8.88. The molecule has 0 amide bonds. The predicted molar refractivity (Wildman–Crippen MR) is 69.8 cm³/mol. The highest BCUT2D eigenvalue weighted by atomic mass is 14.7. The Kier molecular flexibility index (Phi) is 1.64. The van der Waals surface area contributed by atoms with Crippen molar-refractivity contribution in [3.8, 4) is 0 Å². The van der Waals surface area contributed by atoms with Crippen molar-refractivity contribution in [3.63, 3.8) is 0 Å². The molecular formula is C15H10N2. The molecule has 2 heteroatoms. The summed E-state index contributed by atoms with van der Waals surface area (Å²) in [6, 6.07) is 8.31. The minimum absolute atomic E-state index is 0.994. The molecule has 0 saturated heterocycles. The van der Waals surface area contributed by atoms with Crippen LogP contribution in [0.5, 0.6) is 0 Å². The number of hydrogen-bond acceptors (Lipinski definition) is 2. The van der Waals surface area contributed by atoms with E-state index < -0.39 is 0 Å². The zero-order chi connectivity index (χ0) is 11.2. The van der Waals surface area contributed by atoms with Crippen LogP contribution in [-0.4, -0.2) is 9.97 Å². The summed E-state index contributed by atoms with van der Waals surface area (Å²) in [6.07, 6.45) is 9.18. The molecule has 0 bridgehead atoms. The normalized spacial score (nSPS) is 13.4. The van der Waals surface area contributed by atoms with Crippen LogP contribution in [0, 0.1) is 0 Å². The van der Waals surface area contributed by atoms with E-state index in [1.165, 1.54) is 16.5 Å². The molecule has 0 spiro atoms. The average Bonchev–Trinajstić information content (AvgIpc) is 2.86. The third-order valence-electron chi connectivity index (χ3n) is 3.36. The lowest BCUT2D eigenvalue weighted by molar-refractivity contribution is 1.25. The summed E-state index contributed by atoms with van der Waals surface area (Å²) >= 11 is 0. The van der Waals surface area contributed by atoms with E-state index >= 15 is 0 Å². The van der Waals surface area contributed by atoms with Crippen molar-refractivity contribution in [2.75, 3.05) is 0 Å². The van der Waals surface area contributed by atoms with E-state index in [4.69, 9.17) is 0 Å². The van der Waals surface area contributed by atoms with Gasteiger partial charge in [-0.2, -0.15) is 0 Å². The smallest absolute Gasteiger partial charge is 0.0970 e. The molecule has 1 aliphatic carbocycles. The van der Waals surface area contributed by atoms with Crippen molar-refractivity contribution >= 4 is 27.9 Å². The molecule has 3 aromatic rings. The first-order valence-electron chi connectivity index (χ1n) is 5.75. The molecule has 0 N–H and O–H groups in total. The number of benzene rings is 1. The van der Waals surface area contributed by atoms with E-state index in [1.54, 1.807) is 0 Å². The Morgan fingerprint density at radius 2 is 2.00 bits per heavy atom. The first-order valence-corrected chi connectivity index (χ1v) is 5.75. The van der Waals surface area contributed by atoms with Crippen LogP contribution in [0.15, 0.2) is 42.7 Å². The Balaban J connectivity index is 2.25. The second-order valence-corrected chi connectivity index (χ2v) is 4.34. The van der Waals surface area contributed by atoms with Crippen LogP contribution in [-0.2, 0) is 6.42 Å². The lowest BCUT2D eigenvalue weighted by atomic mass is 10.0. The fraction of sp³-hybridized carbons (Fsp3) is 0.0667. The highest BCUT2D eigenvalue weighted by Crippen LogP contribution is 2.30. The molecule has 0 atom stereocenters. The summed E-state index contributed by atoms with van der Waals surface area (Å²) in [7, 11) is 0. The van der Waals surface area contributed by atoms with E-state index in [2.05, 4.69) is 40.3 Å². The maximum absolute atomic E-state index is 4.58. The molecule has 2 heterocycles. The van der Waals surface area contributed by atoms with Gasteiger partial charge in [-0.15, -0.1) is 0 Å². The van der Waals surface area contributed by atoms with Gasteiger partial charge < -0.3 is 0 Å². The third-order valence-corrected chi connectivity index (χ3v) is 3.36. The summed E-state index contributed by atoms with van der Waals surface area (Å²) in [4.78, 5) is 9.03. The zero-order valence-corrected chi connectivity index (χ0v) is 9.22. The molecule has 1 aromatic carbocycles. The Morgan fingerprint density at radius 3 is 3.00 bits per heavy atom. The van der Waals surface area contributed by atoms with Crippen LogP contribution in [0.2, 0.25) is 0 Å². The van der Waals surface area contributed by atoms with Crippen LogP contribution in [0.4, 0.5) is 0 Å². The number of aromatic nitrogens is 2. The topological polar surface area (TPSA) is 25.8 Å². The SMILES string of the molecule is C1=Cc2c(cnc3c2ccc2cccnc23)C1. The fourth-order valence-corrected chi connectivity index (χ4v) is 2.53. The van der Waals surface area contributed by atoms with Crippen molar-refractivity contribution in [3.05, 3.63) is 53.9 Å². The average molecular weight is 218 g/mol. The molecule has 0 saturated carbocycles. The van der Waals surface area contributed by atoms with E-state index in [0.717, 1.165) is 22.8 Å². The minimum Gasteiger partial charge on any atom is -0.254 e. The summed E-state index contributed by atoms with van der Waals surface area (Å²) < 4.78 is 0. The Labute approximate surface area is 98.6 Å². The number of pyridine rings is 2. The van der Waals surface area contributed by atoms with Gasteiger partial charge in [0.15, 0.2) is 0 Å². The third kappa shape index (κ3) is 1.15. The first-order chi connectivity index (χ1) is 8.43. The van der Waals surface area contributed by atoms with Gasteiger partial charge in [0.05, 0.1) is 11.0 Å². The lowest BCUT2D eigenvalue weighted by Crippen LogP contribution is -1.90. The zero-order valence-electron chi connectivity index (χ0n) is 9.22. The summed E-state index contributed by atoms with van der Waals surface area (Å²) in [5, 5.41) is 2.36. The van der Waals surface area contributed by atoms with Crippen LogP contribution in [0.25, 0.3) is 27.9 Å². The quantitative estimate of drug-likeness (QED) is 0.541. The Bertz CT molecular complexity index is 772. The maximum Gasteiger partial charge on any atom is 0.0970 e. The molecule has 4 rings (SSSR count). The number of rotatable bonds is 0. The number of hydrogen-bond donors (Lipinski definition) is 0. The molecule has 2 aromatic heterocycles. The second-order valence-electron chi connectivity index (χ2n) is 4.34. The van der Waals surface area contributed by atoms with Gasteiger partial charge in [-0.05, 0) is 23.6 Å². The molecular weight excluding hydrogens is 208 g/mol. The molecule has 80 valence electrons. The Morgan fingerprint density at radius 1 is 1.00 bits per heavy atom. The van der Waals surface area contributed by atoms with Crippen molar-refractivity contribution in [2.45, 2.75) is 6.42 Å². The molecule has 0 unspecified atom stereocenters. The van der Waals surface area contributed by atoms with Crippen LogP contribution >= 0.6 is 0 Å². The van der Waals surface area contributed by atoms with Crippen LogP contribution in [0.1, 0.15) is 11.1 Å². The van der Waals surface area contributed by atoms with E-state index in [1.807, 2.05) is 18.5 Å². The van der Waals surface area contributed by atoms with E-state index in [9.17, 15) is 0 Å². The van der Waals surface area contributed by atoms with Crippen molar-refractivity contribution in [1.29, 1.82) is 0 Å². The molecule has 1 aliphatic rings. The maximum atomic E-state index is 4.58. The summed E-state index contributed by atoms with van der Waals surface area (Å²) in [5.74, 6) is 0. The molecule has 0 aliphatic heterocycles. The monoisotopic (exact) mass is 218 g/mol. The molecule has 17 heavy (non-hydrogen) atoms. The van der Waals surface area contributed by atoms with Crippen molar-refractivity contribution in [1.82, 2.24) is 9.97 Å². The van der Waals surface area contributed by atoms with E-state index in [0.29, 0.717) is 0 Å². The largest absolute Gasteiger partial charge is 0.254 e. The van der Waals surface area contributed by atoms with Gasteiger partial charge in [-0.1, -0.05) is 30.4 Å². The lowest BCUT2D eigenvalue weighted by Gasteiger charge is -2.06. The molecule has 0 fully saturated rings. The van der Waals surface area contributed by atoms with Crippen LogP contribution in [0.3, 0.4) is 0 Å². The second kappa shape index (κ2) is 3.14. The van der Waals surface area contributed by atoms with Gasteiger partial charge in [-0.25, -0.2) is 0 Å². The fourth-order valence-electron chi connectivity index (χ4n) is 2.53. The van der Waals surface area contributed by atoms with Crippen LogP contribution < -0.4 is 0 Å². The van der Waals surface area contributed by atoms with Gasteiger partial charge >= 0.3 is 0 Å². The van der Waals surface area contributed by atoms with Gasteiger partial charge in [-0.3, -0.25) is 9.97 Å². The highest BCUT2D eigenvalue weighted by Gasteiger charge is 2.11. The molecule has 0 radical (unpaired) electrons. The van der Waals surface area contributed by atoms with Gasteiger partial charge in [0.2, 0.25) is 0 Å². The summed E-state index contributed by atoms with van der Waals surface area (Å²) in [6.45, 7) is 0. The summed E-state index contributed by atoms with van der Waals surface area (Å²) in [5.41, 5.74) is 4.62. The highest BCUT2D eigenvalue weighted by molar-refractivity contribution is 6.06. The van der Waals surface area contributed by atoms with Gasteiger partial charge in [0.25, 0.3) is 0 Å². The van der Waals surface area contributed by atoms with Crippen molar-refractivity contribution < 1.29 is 0 Å². The number of fused-ring (bicyclic) bond motifs is 5. The van der Waals surface area contributed by atoms with E-state index in [-0.39, 0.29) is 0 Å². The number of allylic oxidation sites excluding steroid dienone is 1. The Hall–Kier alpha value is -2.22. The predicted octanol–water partition coefficient (Wildman–Crippen LogP) is 3.35. The van der Waals surface area contributed by atoms with Crippen molar-refractivity contribution in [2.24, 2.45) is 0 Å². The molecule has 2 nitrogen and oxygen atoms in total. The standard InChI is InChI=1S/C15H10N2/c1-3-11-9-17-15-13(12(11)5-1)7-6-10-4-2-8-16-14(10)15/h1-2,4-9H,3H2. The van der Waals surface area contributed by atoms with Gasteiger partial charge in [0.1, 0.15) is 0 Å². The van der Waals surface area contributed by atoms with Gasteiger partial charge in [0, 0.05) is 23.2 Å². The minimum atomic E-state index is 0.994. The number of nitrogens with zero attached hydrogens (tertiary/aromatic N) is 2.